The molecular weight excluding hydrogens is 514 g/mol. The topological polar surface area (TPSA) is 111 Å². The SMILES string of the molecule is CC(=O)NC1CCC(S(=O)(=O)N2CCC(C3CCN4NC(C)C(C(=O)NCC5CCCCC5)C4C3)CC2)CC1. The first-order valence-electron chi connectivity index (χ1n) is 15.8. The molecule has 10 heteroatoms. The average molecular weight is 566 g/mol. The Kier molecular flexibility index (Phi) is 9.56. The fourth-order valence-corrected chi connectivity index (χ4v) is 10.4. The number of amides is 2. The Balaban J connectivity index is 1.11. The molecule has 5 fully saturated rings. The number of piperidine rings is 2. The number of fused-ring (bicyclic) bond motifs is 1. The van der Waals surface area contributed by atoms with Crippen molar-refractivity contribution in [3.63, 3.8) is 0 Å². The lowest BCUT2D eigenvalue weighted by Crippen LogP contribution is -2.50. The number of sulfonamides is 1. The molecule has 4 atom stereocenters. The molecule has 0 aromatic heterocycles. The van der Waals surface area contributed by atoms with E-state index in [4.69, 9.17) is 0 Å². The van der Waals surface area contributed by atoms with Gasteiger partial charge in [0.2, 0.25) is 21.8 Å². The number of hydrazine groups is 1. The highest BCUT2D eigenvalue weighted by Gasteiger charge is 2.48. The van der Waals surface area contributed by atoms with Gasteiger partial charge in [0.25, 0.3) is 0 Å². The monoisotopic (exact) mass is 565 g/mol. The third-order valence-electron chi connectivity index (χ3n) is 10.6. The number of nitrogens with one attached hydrogen (secondary N) is 3. The third kappa shape index (κ3) is 6.81. The van der Waals surface area contributed by atoms with Crippen molar-refractivity contribution in [2.45, 2.75) is 121 Å². The first kappa shape index (κ1) is 29.3. The predicted molar refractivity (Wildman–Crippen MR) is 152 cm³/mol. The molecule has 0 bridgehead atoms. The highest BCUT2D eigenvalue weighted by molar-refractivity contribution is 7.89. The van der Waals surface area contributed by atoms with Crippen molar-refractivity contribution >= 4 is 21.8 Å². The van der Waals surface area contributed by atoms with E-state index in [0.717, 1.165) is 51.6 Å². The Morgan fingerprint density at radius 1 is 0.872 bits per heavy atom. The van der Waals surface area contributed by atoms with Gasteiger partial charge in [0.15, 0.2) is 0 Å². The van der Waals surface area contributed by atoms with Crippen molar-refractivity contribution in [3.8, 4) is 0 Å². The summed E-state index contributed by atoms with van der Waals surface area (Å²) in [6.45, 7) is 6.67. The smallest absolute Gasteiger partial charge is 0.226 e. The molecule has 5 aliphatic rings. The number of carbonyl (C=O) groups is 2. The molecule has 0 radical (unpaired) electrons. The van der Waals surface area contributed by atoms with Crippen molar-refractivity contribution in [1.29, 1.82) is 0 Å². The molecule has 3 aliphatic heterocycles. The molecule has 3 heterocycles. The molecule has 2 saturated carbocycles. The fourth-order valence-electron chi connectivity index (χ4n) is 8.39. The number of hydrogen-bond acceptors (Lipinski definition) is 6. The van der Waals surface area contributed by atoms with Crippen LogP contribution < -0.4 is 16.1 Å². The molecule has 222 valence electrons. The standard InChI is InChI=1S/C29H51N5O4S/c1-20-28(29(36)30-19-22-6-4-3-5-7-22)27-18-24(14-17-34(27)32-20)23-12-15-33(16-13-23)39(37,38)26-10-8-25(9-11-26)31-21(2)35/h20,22-28,32H,3-19H2,1-2H3,(H,30,36)(H,31,35). The Morgan fingerprint density at radius 2 is 1.54 bits per heavy atom. The summed E-state index contributed by atoms with van der Waals surface area (Å²) in [5, 5.41) is 8.27. The highest BCUT2D eigenvalue weighted by Crippen LogP contribution is 2.40. The zero-order valence-electron chi connectivity index (χ0n) is 24.1. The fraction of sp³-hybridized carbons (Fsp3) is 0.931. The Morgan fingerprint density at radius 3 is 2.21 bits per heavy atom. The van der Waals surface area contributed by atoms with Gasteiger partial charge in [-0.1, -0.05) is 19.3 Å². The molecule has 0 aromatic rings. The van der Waals surface area contributed by atoms with Gasteiger partial charge in [-0.3, -0.25) is 15.0 Å². The molecule has 2 aliphatic carbocycles. The molecular formula is C29H51N5O4S. The minimum Gasteiger partial charge on any atom is -0.355 e. The van der Waals surface area contributed by atoms with E-state index in [-0.39, 0.29) is 41.1 Å². The summed E-state index contributed by atoms with van der Waals surface area (Å²) in [5.74, 6) is 1.85. The lowest BCUT2D eigenvalue weighted by molar-refractivity contribution is -0.126. The molecule has 0 aromatic carbocycles. The Hall–Kier alpha value is -1.23. The molecule has 3 saturated heterocycles. The van der Waals surface area contributed by atoms with Crippen LogP contribution in [0, 0.1) is 23.7 Å². The van der Waals surface area contributed by atoms with Crippen molar-refractivity contribution in [3.05, 3.63) is 0 Å². The van der Waals surface area contributed by atoms with Gasteiger partial charge in [0.1, 0.15) is 0 Å². The highest BCUT2D eigenvalue weighted by atomic mass is 32.2. The second-order valence-electron chi connectivity index (χ2n) is 13.2. The second kappa shape index (κ2) is 12.7. The molecule has 3 N–H and O–H groups in total. The minimum atomic E-state index is -3.30. The summed E-state index contributed by atoms with van der Waals surface area (Å²) >= 11 is 0. The van der Waals surface area contributed by atoms with E-state index >= 15 is 0 Å². The summed E-state index contributed by atoms with van der Waals surface area (Å²) in [6, 6.07) is 0.481. The third-order valence-corrected chi connectivity index (χ3v) is 13.0. The quantitative estimate of drug-likeness (QED) is 0.438. The maximum absolute atomic E-state index is 13.4. The normalized spacial score (nSPS) is 35.8. The van der Waals surface area contributed by atoms with Crippen molar-refractivity contribution in [2.75, 3.05) is 26.2 Å². The van der Waals surface area contributed by atoms with Crippen LogP contribution >= 0.6 is 0 Å². The zero-order chi connectivity index (χ0) is 27.6. The van der Waals surface area contributed by atoms with Crippen LogP contribution in [0.4, 0.5) is 0 Å². The van der Waals surface area contributed by atoms with Crippen LogP contribution in [-0.2, 0) is 19.6 Å². The van der Waals surface area contributed by atoms with Gasteiger partial charge in [-0.15, -0.1) is 0 Å². The van der Waals surface area contributed by atoms with Crippen LogP contribution in [-0.4, -0.2) is 79.1 Å². The first-order chi connectivity index (χ1) is 18.7. The number of hydrogen-bond donors (Lipinski definition) is 3. The molecule has 39 heavy (non-hydrogen) atoms. The zero-order valence-corrected chi connectivity index (χ0v) is 24.9. The summed E-state index contributed by atoms with van der Waals surface area (Å²) in [4.78, 5) is 24.7. The van der Waals surface area contributed by atoms with E-state index < -0.39 is 10.0 Å². The predicted octanol–water partition coefficient (Wildman–Crippen LogP) is 2.78. The largest absolute Gasteiger partial charge is 0.355 e. The number of nitrogens with zero attached hydrogens (tertiary/aromatic N) is 2. The van der Waals surface area contributed by atoms with Crippen LogP contribution in [0.3, 0.4) is 0 Å². The lowest BCUT2D eigenvalue weighted by Gasteiger charge is -2.42. The van der Waals surface area contributed by atoms with E-state index in [2.05, 4.69) is 28.0 Å². The average Bonchev–Trinajstić information content (AvgIpc) is 3.27. The van der Waals surface area contributed by atoms with E-state index in [1.165, 1.54) is 39.0 Å². The molecule has 2 amide bonds. The van der Waals surface area contributed by atoms with Crippen LogP contribution in [0.25, 0.3) is 0 Å². The molecule has 0 spiro atoms. The maximum Gasteiger partial charge on any atom is 0.226 e. The maximum atomic E-state index is 13.4. The summed E-state index contributed by atoms with van der Waals surface area (Å²) < 4.78 is 28.6. The Labute approximate surface area is 235 Å². The minimum absolute atomic E-state index is 0.0236. The van der Waals surface area contributed by atoms with Crippen LogP contribution in [0.2, 0.25) is 0 Å². The second-order valence-corrected chi connectivity index (χ2v) is 15.4. The van der Waals surface area contributed by atoms with Gasteiger partial charge >= 0.3 is 0 Å². The van der Waals surface area contributed by atoms with E-state index in [0.29, 0.717) is 43.7 Å². The van der Waals surface area contributed by atoms with Gasteiger partial charge in [-0.2, -0.15) is 0 Å². The number of carbonyl (C=O) groups excluding carboxylic acids is 2. The lowest BCUT2D eigenvalue weighted by atomic mass is 9.74. The van der Waals surface area contributed by atoms with Crippen molar-refractivity contribution in [2.24, 2.45) is 23.7 Å². The van der Waals surface area contributed by atoms with Gasteiger partial charge in [-0.05, 0) is 88.9 Å². The first-order valence-corrected chi connectivity index (χ1v) is 17.3. The van der Waals surface area contributed by atoms with Crippen LogP contribution in [0.1, 0.15) is 97.3 Å². The summed E-state index contributed by atoms with van der Waals surface area (Å²) in [5.41, 5.74) is 3.59. The van der Waals surface area contributed by atoms with E-state index in [1.54, 1.807) is 4.31 Å². The van der Waals surface area contributed by atoms with Crippen LogP contribution in [0.5, 0.6) is 0 Å². The van der Waals surface area contributed by atoms with Gasteiger partial charge in [-0.25, -0.2) is 17.7 Å². The summed E-state index contributed by atoms with van der Waals surface area (Å²) in [6.07, 6.45) is 13.1. The van der Waals surface area contributed by atoms with Gasteiger partial charge < -0.3 is 10.6 Å². The van der Waals surface area contributed by atoms with E-state index in [1.807, 2.05) is 0 Å². The van der Waals surface area contributed by atoms with Gasteiger partial charge in [0.05, 0.1) is 11.2 Å². The van der Waals surface area contributed by atoms with Gasteiger partial charge in [0, 0.05) is 51.2 Å². The molecule has 4 unspecified atom stereocenters. The van der Waals surface area contributed by atoms with Crippen molar-refractivity contribution in [1.82, 2.24) is 25.4 Å². The summed E-state index contributed by atoms with van der Waals surface area (Å²) in [7, 11) is -3.30. The molecule has 5 rings (SSSR count). The van der Waals surface area contributed by atoms with E-state index in [9.17, 15) is 18.0 Å². The van der Waals surface area contributed by atoms with Crippen molar-refractivity contribution < 1.29 is 18.0 Å². The number of rotatable bonds is 7. The Bertz CT molecular complexity index is 955. The molecule has 9 nitrogen and oxygen atoms in total. The van der Waals surface area contributed by atoms with Crippen LogP contribution in [0.15, 0.2) is 0 Å².